The molecule has 0 bridgehead atoms. The fourth-order valence-corrected chi connectivity index (χ4v) is 2.00. The molecule has 0 heterocycles. The lowest BCUT2D eigenvalue weighted by Gasteiger charge is -2.13. The highest BCUT2D eigenvalue weighted by Crippen LogP contribution is 2.13. The predicted molar refractivity (Wildman–Crippen MR) is 79.9 cm³/mol. The monoisotopic (exact) mass is 265 g/mol. The molecule has 1 rings (SSSR count). The SMILES string of the molecule is COCCCCNC(C)CCc1ccc(OC)cc1. The fraction of sp³-hybridized carbons (Fsp3) is 0.625. The summed E-state index contributed by atoms with van der Waals surface area (Å²) in [4.78, 5) is 0. The van der Waals surface area contributed by atoms with E-state index in [1.807, 2.05) is 12.1 Å². The summed E-state index contributed by atoms with van der Waals surface area (Å²) in [7, 11) is 3.45. The van der Waals surface area contributed by atoms with Gasteiger partial charge in [0, 0.05) is 19.8 Å². The quantitative estimate of drug-likeness (QED) is 0.660. The maximum atomic E-state index is 5.16. The maximum absolute atomic E-state index is 5.16. The van der Waals surface area contributed by atoms with Crippen LogP contribution in [0.4, 0.5) is 0 Å². The number of nitrogens with one attached hydrogen (secondary N) is 1. The molecule has 0 saturated heterocycles. The van der Waals surface area contributed by atoms with Crippen molar-refractivity contribution in [3.8, 4) is 5.75 Å². The Morgan fingerprint density at radius 1 is 1.11 bits per heavy atom. The molecule has 0 aliphatic rings. The van der Waals surface area contributed by atoms with Gasteiger partial charge in [0.25, 0.3) is 0 Å². The number of unbranched alkanes of at least 4 members (excludes halogenated alkanes) is 1. The van der Waals surface area contributed by atoms with Gasteiger partial charge < -0.3 is 14.8 Å². The van der Waals surface area contributed by atoms with Crippen LogP contribution in [0.3, 0.4) is 0 Å². The van der Waals surface area contributed by atoms with Crippen LogP contribution in [-0.4, -0.2) is 33.4 Å². The van der Waals surface area contributed by atoms with E-state index in [1.165, 1.54) is 12.0 Å². The molecule has 0 aromatic heterocycles. The van der Waals surface area contributed by atoms with Gasteiger partial charge in [-0.3, -0.25) is 0 Å². The molecule has 0 fully saturated rings. The van der Waals surface area contributed by atoms with Gasteiger partial charge in [0.1, 0.15) is 5.75 Å². The first kappa shape index (κ1) is 16.0. The van der Waals surface area contributed by atoms with Crippen molar-refractivity contribution < 1.29 is 9.47 Å². The van der Waals surface area contributed by atoms with Gasteiger partial charge in [-0.15, -0.1) is 0 Å². The first-order valence-corrected chi connectivity index (χ1v) is 7.11. The number of ether oxygens (including phenoxy) is 2. The van der Waals surface area contributed by atoms with Crippen LogP contribution >= 0.6 is 0 Å². The predicted octanol–water partition coefficient (Wildman–Crippen LogP) is 3.03. The minimum absolute atomic E-state index is 0.560. The largest absolute Gasteiger partial charge is 0.497 e. The van der Waals surface area contributed by atoms with Crippen molar-refractivity contribution in [3.63, 3.8) is 0 Å². The van der Waals surface area contributed by atoms with Crippen molar-refractivity contribution in [1.82, 2.24) is 5.32 Å². The summed E-state index contributed by atoms with van der Waals surface area (Å²) < 4.78 is 10.2. The van der Waals surface area contributed by atoms with Crippen molar-refractivity contribution in [2.24, 2.45) is 0 Å². The first-order chi connectivity index (χ1) is 9.26. The van der Waals surface area contributed by atoms with E-state index in [1.54, 1.807) is 14.2 Å². The summed E-state index contributed by atoms with van der Waals surface area (Å²) in [5.74, 6) is 0.924. The van der Waals surface area contributed by atoms with Gasteiger partial charge in [-0.2, -0.15) is 0 Å². The molecule has 1 N–H and O–H groups in total. The molecular formula is C16H27NO2. The lowest BCUT2D eigenvalue weighted by atomic mass is 10.1. The molecule has 0 aliphatic heterocycles. The molecule has 108 valence electrons. The van der Waals surface area contributed by atoms with Gasteiger partial charge in [-0.05, 0) is 56.8 Å². The molecule has 1 unspecified atom stereocenters. The van der Waals surface area contributed by atoms with Crippen LogP contribution in [0.25, 0.3) is 0 Å². The summed E-state index contributed by atoms with van der Waals surface area (Å²) in [6.45, 7) is 4.19. The summed E-state index contributed by atoms with van der Waals surface area (Å²) in [6.07, 6.45) is 4.59. The van der Waals surface area contributed by atoms with Crippen LogP contribution in [0.15, 0.2) is 24.3 Å². The number of methoxy groups -OCH3 is 2. The number of aryl methyl sites for hydroxylation is 1. The van der Waals surface area contributed by atoms with Gasteiger partial charge in [0.15, 0.2) is 0 Å². The second kappa shape index (κ2) is 9.82. The van der Waals surface area contributed by atoms with Gasteiger partial charge in [-0.1, -0.05) is 12.1 Å². The molecule has 0 radical (unpaired) electrons. The molecule has 19 heavy (non-hydrogen) atoms. The van der Waals surface area contributed by atoms with Crippen LogP contribution in [0.2, 0.25) is 0 Å². The van der Waals surface area contributed by atoms with Crippen molar-refractivity contribution in [2.75, 3.05) is 27.4 Å². The molecule has 1 atom stereocenters. The molecule has 1 aromatic rings. The Kier molecular flexibility index (Phi) is 8.26. The second-order valence-electron chi connectivity index (χ2n) is 4.94. The van der Waals surface area contributed by atoms with Crippen molar-refractivity contribution in [3.05, 3.63) is 29.8 Å². The normalized spacial score (nSPS) is 12.4. The van der Waals surface area contributed by atoms with Crippen LogP contribution in [0.1, 0.15) is 31.7 Å². The number of hydrogen-bond donors (Lipinski definition) is 1. The van der Waals surface area contributed by atoms with E-state index in [-0.39, 0.29) is 0 Å². The van der Waals surface area contributed by atoms with Crippen molar-refractivity contribution in [2.45, 2.75) is 38.6 Å². The summed E-state index contributed by atoms with van der Waals surface area (Å²) >= 11 is 0. The Bertz CT molecular complexity index is 324. The maximum Gasteiger partial charge on any atom is 0.118 e. The first-order valence-electron chi connectivity index (χ1n) is 7.11. The molecule has 3 nitrogen and oxygen atoms in total. The fourth-order valence-electron chi connectivity index (χ4n) is 2.00. The average molecular weight is 265 g/mol. The van der Waals surface area contributed by atoms with Crippen molar-refractivity contribution >= 4 is 0 Å². The molecule has 0 aliphatic carbocycles. The molecular weight excluding hydrogens is 238 g/mol. The highest BCUT2D eigenvalue weighted by Gasteiger charge is 2.02. The molecule has 3 heteroatoms. The summed E-state index contributed by atoms with van der Waals surface area (Å²) in [6, 6.07) is 8.90. The van der Waals surface area contributed by atoms with E-state index >= 15 is 0 Å². The number of hydrogen-bond acceptors (Lipinski definition) is 3. The van der Waals surface area contributed by atoms with Crippen LogP contribution in [-0.2, 0) is 11.2 Å². The van der Waals surface area contributed by atoms with Gasteiger partial charge in [0.05, 0.1) is 7.11 Å². The standard InChI is InChI=1S/C16H27NO2/c1-14(17-12-4-5-13-18-2)6-7-15-8-10-16(19-3)11-9-15/h8-11,14,17H,4-7,12-13H2,1-3H3. The topological polar surface area (TPSA) is 30.5 Å². The smallest absolute Gasteiger partial charge is 0.118 e. The van der Waals surface area contributed by atoms with E-state index in [0.29, 0.717) is 6.04 Å². The number of benzene rings is 1. The molecule has 0 amide bonds. The Morgan fingerprint density at radius 2 is 1.84 bits per heavy atom. The van der Waals surface area contributed by atoms with E-state index in [2.05, 4.69) is 24.4 Å². The zero-order chi connectivity index (χ0) is 13.9. The summed E-state index contributed by atoms with van der Waals surface area (Å²) in [5, 5.41) is 3.55. The molecule has 0 spiro atoms. The highest BCUT2D eigenvalue weighted by atomic mass is 16.5. The van der Waals surface area contributed by atoms with Crippen LogP contribution < -0.4 is 10.1 Å². The number of rotatable bonds is 10. The van der Waals surface area contributed by atoms with E-state index in [0.717, 1.165) is 38.2 Å². The minimum atomic E-state index is 0.560. The van der Waals surface area contributed by atoms with E-state index in [4.69, 9.17) is 9.47 Å². The zero-order valence-corrected chi connectivity index (χ0v) is 12.4. The lowest BCUT2D eigenvalue weighted by molar-refractivity contribution is 0.192. The van der Waals surface area contributed by atoms with Crippen molar-refractivity contribution in [1.29, 1.82) is 0 Å². The van der Waals surface area contributed by atoms with Gasteiger partial charge in [0.2, 0.25) is 0 Å². The van der Waals surface area contributed by atoms with Gasteiger partial charge in [-0.25, -0.2) is 0 Å². The lowest BCUT2D eigenvalue weighted by Crippen LogP contribution is -2.27. The van der Waals surface area contributed by atoms with Crippen LogP contribution in [0, 0.1) is 0 Å². The zero-order valence-electron chi connectivity index (χ0n) is 12.4. The Hall–Kier alpha value is -1.06. The van der Waals surface area contributed by atoms with E-state index in [9.17, 15) is 0 Å². The van der Waals surface area contributed by atoms with E-state index < -0.39 is 0 Å². The summed E-state index contributed by atoms with van der Waals surface area (Å²) in [5.41, 5.74) is 1.37. The Labute approximate surface area is 117 Å². The minimum Gasteiger partial charge on any atom is -0.497 e. The third-order valence-corrected chi connectivity index (χ3v) is 3.29. The van der Waals surface area contributed by atoms with Gasteiger partial charge >= 0.3 is 0 Å². The second-order valence-corrected chi connectivity index (χ2v) is 4.94. The van der Waals surface area contributed by atoms with Crippen LogP contribution in [0.5, 0.6) is 5.75 Å². The highest BCUT2D eigenvalue weighted by molar-refractivity contribution is 5.27. The Balaban J connectivity index is 2.13. The third kappa shape index (κ3) is 7.19. The third-order valence-electron chi connectivity index (χ3n) is 3.29. The Morgan fingerprint density at radius 3 is 2.47 bits per heavy atom. The molecule has 0 saturated carbocycles. The molecule has 1 aromatic carbocycles. The average Bonchev–Trinajstić information content (AvgIpc) is 2.45.